The quantitative estimate of drug-likeness (QED) is 0.792. The highest BCUT2D eigenvalue weighted by molar-refractivity contribution is 5.60. The number of hydrogen-bond donors (Lipinski definition) is 0. The molecule has 0 amide bonds. The van der Waals surface area contributed by atoms with Crippen LogP contribution in [0.15, 0.2) is 22.7 Å². The van der Waals surface area contributed by atoms with Gasteiger partial charge in [0.15, 0.2) is 0 Å². The maximum absolute atomic E-state index is 5.16. The van der Waals surface area contributed by atoms with Crippen LogP contribution in [0.4, 0.5) is 0 Å². The minimum atomic E-state index is 0.523. The van der Waals surface area contributed by atoms with Crippen molar-refractivity contribution in [3.05, 3.63) is 24.1 Å². The van der Waals surface area contributed by atoms with Crippen LogP contribution in [0.3, 0.4) is 0 Å². The van der Waals surface area contributed by atoms with Gasteiger partial charge < -0.3 is 14.0 Å². The summed E-state index contributed by atoms with van der Waals surface area (Å²) in [5, 5.41) is 3.84. The van der Waals surface area contributed by atoms with Gasteiger partial charge >= 0.3 is 0 Å². The zero-order valence-corrected chi connectivity index (χ0v) is 9.35. The molecule has 84 valence electrons. The molecule has 0 bridgehead atoms. The molecule has 5 heteroatoms. The van der Waals surface area contributed by atoms with E-state index in [-0.39, 0.29) is 0 Å². The van der Waals surface area contributed by atoms with Gasteiger partial charge in [-0.25, -0.2) is 0 Å². The molecule has 1 aromatic heterocycles. The molecule has 0 unspecified atom stereocenters. The Bertz CT molecular complexity index is 471. The van der Waals surface area contributed by atoms with Crippen LogP contribution >= 0.6 is 0 Å². The molecule has 0 radical (unpaired) electrons. The summed E-state index contributed by atoms with van der Waals surface area (Å²) in [4.78, 5) is 4.14. The number of rotatable bonds is 3. The zero-order chi connectivity index (χ0) is 11.5. The van der Waals surface area contributed by atoms with E-state index in [0.29, 0.717) is 23.2 Å². The minimum Gasteiger partial charge on any atom is -0.497 e. The average molecular weight is 220 g/mol. The predicted octanol–water partition coefficient (Wildman–Crippen LogP) is 2.06. The second-order valence-corrected chi connectivity index (χ2v) is 3.24. The zero-order valence-electron chi connectivity index (χ0n) is 9.35. The minimum absolute atomic E-state index is 0.523. The van der Waals surface area contributed by atoms with Gasteiger partial charge in [0, 0.05) is 18.6 Å². The van der Waals surface area contributed by atoms with Gasteiger partial charge in [0.1, 0.15) is 11.5 Å². The highest BCUT2D eigenvalue weighted by atomic mass is 16.5. The lowest BCUT2D eigenvalue weighted by Crippen LogP contribution is -1.89. The normalized spacial score (nSPS) is 10.2. The number of aryl methyl sites for hydroxylation is 1. The number of hydrogen-bond acceptors (Lipinski definition) is 5. The van der Waals surface area contributed by atoms with Crippen LogP contribution in [0.1, 0.15) is 5.89 Å². The molecular formula is C11H12N2O3. The summed E-state index contributed by atoms with van der Waals surface area (Å²) in [6.07, 6.45) is 0. The largest absolute Gasteiger partial charge is 0.497 e. The molecule has 0 saturated carbocycles. The first-order valence-corrected chi connectivity index (χ1v) is 4.76. The first-order valence-electron chi connectivity index (χ1n) is 4.76. The smallest absolute Gasteiger partial charge is 0.223 e. The molecule has 0 fully saturated rings. The highest BCUT2D eigenvalue weighted by Crippen LogP contribution is 2.27. The average Bonchev–Trinajstić information content (AvgIpc) is 2.75. The SMILES string of the molecule is COc1cc(OC)cc(-c2noc(C)n2)c1. The van der Waals surface area contributed by atoms with Gasteiger partial charge in [-0.15, -0.1) is 0 Å². The van der Waals surface area contributed by atoms with Crippen LogP contribution in [-0.4, -0.2) is 24.4 Å². The van der Waals surface area contributed by atoms with Gasteiger partial charge in [0.2, 0.25) is 11.7 Å². The van der Waals surface area contributed by atoms with Crippen molar-refractivity contribution in [2.45, 2.75) is 6.92 Å². The van der Waals surface area contributed by atoms with Crippen molar-refractivity contribution in [3.8, 4) is 22.9 Å². The number of ether oxygens (including phenoxy) is 2. The lowest BCUT2D eigenvalue weighted by Gasteiger charge is -2.05. The Hall–Kier alpha value is -2.04. The molecular weight excluding hydrogens is 208 g/mol. The molecule has 5 nitrogen and oxygen atoms in total. The molecule has 1 heterocycles. The molecule has 0 saturated heterocycles. The van der Waals surface area contributed by atoms with Crippen molar-refractivity contribution in [3.63, 3.8) is 0 Å². The number of benzene rings is 1. The van der Waals surface area contributed by atoms with Crippen molar-refractivity contribution in [2.75, 3.05) is 14.2 Å². The maximum Gasteiger partial charge on any atom is 0.223 e. The van der Waals surface area contributed by atoms with Crippen molar-refractivity contribution < 1.29 is 14.0 Å². The number of methoxy groups -OCH3 is 2. The van der Waals surface area contributed by atoms with E-state index in [1.165, 1.54) is 0 Å². The second-order valence-electron chi connectivity index (χ2n) is 3.24. The Balaban J connectivity index is 2.47. The Morgan fingerprint density at radius 3 is 2.12 bits per heavy atom. The Morgan fingerprint density at radius 2 is 1.69 bits per heavy atom. The van der Waals surface area contributed by atoms with Crippen LogP contribution in [0.5, 0.6) is 11.5 Å². The molecule has 0 aliphatic rings. The Labute approximate surface area is 93.0 Å². The maximum atomic E-state index is 5.16. The predicted molar refractivity (Wildman–Crippen MR) is 57.6 cm³/mol. The van der Waals surface area contributed by atoms with Crippen molar-refractivity contribution in [2.24, 2.45) is 0 Å². The summed E-state index contributed by atoms with van der Waals surface area (Å²) in [6, 6.07) is 5.44. The third-order valence-corrected chi connectivity index (χ3v) is 2.14. The molecule has 0 aliphatic heterocycles. The summed E-state index contributed by atoms with van der Waals surface area (Å²) in [5.41, 5.74) is 0.799. The summed E-state index contributed by atoms with van der Waals surface area (Å²) in [6.45, 7) is 1.74. The van der Waals surface area contributed by atoms with Crippen molar-refractivity contribution >= 4 is 0 Å². The number of aromatic nitrogens is 2. The molecule has 0 aliphatic carbocycles. The standard InChI is InChI=1S/C11H12N2O3/c1-7-12-11(13-16-7)8-4-9(14-2)6-10(5-8)15-3/h4-6H,1-3H3. The van der Waals surface area contributed by atoms with E-state index in [9.17, 15) is 0 Å². The molecule has 16 heavy (non-hydrogen) atoms. The second kappa shape index (κ2) is 4.22. The van der Waals surface area contributed by atoms with Gasteiger partial charge in [0.25, 0.3) is 0 Å². The van der Waals surface area contributed by atoms with E-state index in [4.69, 9.17) is 14.0 Å². The van der Waals surface area contributed by atoms with Gasteiger partial charge in [-0.05, 0) is 12.1 Å². The van der Waals surface area contributed by atoms with Gasteiger partial charge in [0.05, 0.1) is 14.2 Å². The van der Waals surface area contributed by atoms with Gasteiger partial charge in [-0.2, -0.15) is 4.98 Å². The van der Waals surface area contributed by atoms with E-state index in [2.05, 4.69) is 10.1 Å². The van der Waals surface area contributed by atoms with E-state index in [1.54, 1.807) is 27.2 Å². The molecule has 2 aromatic rings. The van der Waals surface area contributed by atoms with Crippen molar-refractivity contribution in [1.29, 1.82) is 0 Å². The summed E-state index contributed by atoms with van der Waals surface area (Å²) < 4.78 is 15.2. The van der Waals surface area contributed by atoms with E-state index < -0.39 is 0 Å². The Morgan fingerprint density at radius 1 is 1.06 bits per heavy atom. The molecule has 2 rings (SSSR count). The summed E-state index contributed by atoms with van der Waals surface area (Å²) in [7, 11) is 3.19. The van der Waals surface area contributed by atoms with Gasteiger partial charge in [-0.3, -0.25) is 0 Å². The fourth-order valence-electron chi connectivity index (χ4n) is 1.35. The van der Waals surface area contributed by atoms with Crippen LogP contribution in [0, 0.1) is 6.92 Å². The fourth-order valence-corrected chi connectivity index (χ4v) is 1.35. The Kier molecular flexibility index (Phi) is 2.76. The third-order valence-electron chi connectivity index (χ3n) is 2.14. The lowest BCUT2D eigenvalue weighted by molar-refractivity contribution is 0.392. The van der Waals surface area contributed by atoms with E-state index in [1.807, 2.05) is 12.1 Å². The first-order chi connectivity index (χ1) is 7.72. The molecule has 0 atom stereocenters. The fraction of sp³-hybridized carbons (Fsp3) is 0.273. The molecule has 0 spiro atoms. The van der Waals surface area contributed by atoms with Crippen LogP contribution in [0.2, 0.25) is 0 Å². The number of nitrogens with zero attached hydrogens (tertiary/aromatic N) is 2. The van der Waals surface area contributed by atoms with Crippen LogP contribution in [0.25, 0.3) is 11.4 Å². The third kappa shape index (κ3) is 1.98. The topological polar surface area (TPSA) is 57.4 Å². The van der Waals surface area contributed by atoms with Crippen LogP contribution < -0.4 is 9.47 Å². The van der Waals surface area contributed by atoms with Crippen molar-refractivity contribution in [1.82, 2.24) is 10.1 Å². The van der Waals surface area contributed by atoms with E-state index in [0.717, 1.165) is 5.56 Å². The first kappa shape index (κ1) is 10.5. The highest BCUT2D eigenvalue weighted by Gasteiger charge is 2.09. The van der Waals surface area contributed by atoms with Crippen LogP contribution in [-0.2, 0) is 0 Å². The van der Waals surface area contributed by atoms with Gasteiger partial charge in [-0.1, -0.05) is 5.16 Å². The lowest BCUT2D eigenvalue weighted by atomic mass is 10.2. The summed E-state index contributed by atoms with van der Waals surface area (Å²) >= 11 is 0. The monoisotopic (exact) mass is 220 g/mol. The molecule has 1 aromatic carbocycles. The van der Waals surface area contributed by atoms with E-state index >= 15 is 0 Å². The molecule has 0 N–H and O–H groups in total. The summed E-state index contributed by atoms with van der Waals surface area (Å²) in [5.74, 6) is 2.43.